The van der Waals surface area contributed by atoms with Crippen LogP contribution in [-0.2, 0) is 0 Å². The van der Waals surface area contributed by atoms with Crippen LogP contribution >= 0.6 is 11.3 Å². The molecule has 0 saturated heterocycles. The summed E-state index contributed by atoms with van der Waals surface area (Å²) in [4.78, 5) is 15.3. The van der Waals surface area contributed by atoms with Crippen LogP contribution in [0, 0.1) is 0 Å². The molecule has 3 rings (SSSR count). The predicted molar refractivity (Wildman–Crippen MR) is 78.0 cm³/mol. The van der Waals surface area contributed by atoms with Gasteiger partial charge in [0, 0.05) is 5.69 Å². The summed E-state index contributed by atoms with van der Waals surface area (Å²) in [5.74, 6) is -1.40. The van der Waals surface area contributed by atoms with Crippen LogP contribution < -0.4 is 5.32 Å². The van der Waals surface area contributed by atoms with Crippen molar-refractivity contribution in [3.8, 4) is 5.75 Å². The number of phenols is 1. The van der Waals surface area contributed by atoms with Crippen LogP contribution in [0.25, 0.3) is 10.2 Å². The number of hydrogen-bond donors (Lipinski definition) is 3. The summed E-state index contributed by atoms with van der Waals surface area (Å²) in [5.41, 5.74) is 1.33. The highest BCUT2D eigenvalue weighted by atomic mass is 32.1. The van der Waals surface area contributed by atoms with E-state index in [1.165, 1.54) is 17.4 Å². The van der Waals surface area contributed by atoms with Crippen LogP contribution in [0.1, 0.15) is 10.4 Å². The number of fused-ring (bicyclic) bond motifs is 1. The summed E-state index contributed by atoms with van der Waals surface area (Å²) in [6, 6.07) is 12.4. The molecule has 0 radical (unpaired) electrons. The third kappa shape index (κ3) is 2.17. The number of thiazole rings is 1. The molecule has 0 aliphatic rings. The summed E-state index contributed by atoms with van der Waals surface area (Å²) in [5, 5.41) is 22.7. The maximum absolute atomic E-state index is 11.0. The fourth-order valence-electron chi connectivity index (χ4n) is 1.85. The number of aromatic nitrogens is 1. The molecular formula is C14H10N2O3S. The van der Waals surface area contributed by atoms with E-state index >= 15 is 0 Å². The Morgan fingerprint density at radius 3 is 2.60 bits per heavy atom. The zero-order chi connectivity index (χ0) is 14.1. The van der Waals surface area contributed by atoms with Gasteiger partial charge in [0.15, 0.2) is 5.13 Å². The zero-order valence-corrected chi connectivity index (χ0v) is 11.0. The molecule has 3 N–H and O–H groups in total. The Morgan fingerprint density at radius 2 is 1.90 bits per heavy atom. The standard InChI is InChI=1S/C14H10N2O3S/c17-11-9(13(18)19)6-7-10-12(11)20-14(16-10)15-8-4-2-1-3-5-8/h1-7,17H,(H,15,16)(H,18,19). The monoisotopic (exact) mass is 286 g/mol. The van der Waals surface area contributed by atoms with Gasteiger partial charge in [0.05, 0.1) is 10.2 Å². The lowest BCUT2D eigenvalue weighted by Gasteiger charge is -2.00. The van der Waals surface area contributed by atoms with Gasteiger partial charge in [0.25, 0.3) is 0 Å². The highest BCUT2D eigenvalue weighted by Crippen LogP contribution is 2.36. The SMILES string of the molecule is O=C(O)c1ccc2nc(Nc3ccccc3)sc2c1O. The van der Waals surface area contributed by atoms with Crippen molar-refractivity contribution < 1.29 is 15.0 Å². The summed E-state index contributed by atoms with van der Waals surface area (Å²) >= 11 is 1.21. The first-order valence-electron chi connectivity index (χ1n) is 5.83. The second kappa shape index (κ2) is 4.82. The van der Waals surface area contributed by atoms with Gasteiger partial charge in [0.2, 0.25) is 0 Å². The van der Waals surface area contributed by atoms with Crippen molar-refractivity contribution in [2.45, 2.75) is 0 Å². The topological polar surface area (TPSA) is 82.5 Å². The van der Waals surface area contributed by atoms with Crippen LogP contribution in [0.2, 0.25) is 0 Å². The fourth-order valence-corrected chi connectivity index (χ4v) is 2.78. The van der Waals surface area contributed by atoms with Crippen LogP contribution in [0.5, 0.6) is 5.75 Å². The Balaban J connectivity index is 2.03. The highest BCUT2D eigenvalue weighted by molar-refractivity contribution is 7.22. The molecule has 20 heavy (non-hydrogen) atoms. The van der Waals surface area contributed by atoms with Gasteiger partial charge < -0.3 is 15.5 Å². The minimum atomic E-state index is -1.16. The smallest absolute Gasteiger partial charge is 0.339 e. The summed E-state index contributed by atoms with van der Waals surface area (Å²) < 4.78 is 0.461. The van der Waals surface area contributed by atoms with E-state index in [1.807, 2.05) is 30.3 Å². The quantitative estimate of drug-likeness (QED) is 0.687. The number of benzene rings is 2. The molecule has 0 amide bonds. The van der Waals surface area contributed by atoms with E-state index in [1.54, 1.807) is 6.07 Å². The minimum Gasteiger partial charge on any atom is -0.505 e. The predicted octanol–water partition coefficient (Wildman–Crippen LogP) is 3.44. The van der Waals surface area contributed by atoms with Gasteiger partial charge in [-0.05, 0) is 24.3 Å². The molecular weight excluding hydrogens is 276 g/mol. The summed E-state index contributed by atoms with van der Waals surface area (Å²) in [7, 11) is 0. The van der Waals surface area contributed by atoms with Gasteiger partial charge in [-0.2, -0.15) is 0 Å². The van der Waals surface area contributed by atoms with E-state index in [0.29, 0.717) is 15.3 Å². The molecule has 6 heteroatoms. The number of nitrogens with zero attached hydrogens (tertiary/aromatic N) is 1. The van der Waals surface area contributed by atoms with Crippen LogP contribution in [0.3, 0.4) is 0 Å². The van der Waals surface area contributed by atoms with Crippen molar-refractivity contribution in [1.82, 2.24) is 4.98 Å². The van der Waals surface area contributed by atoms with E-state index in [0.717, 1.165) is 5.69 Å². The Labute approximate surface area is 118 Å². The maximum Gasteiger partial charge on any atom is 0.339 e. The molecule has 5 nitrogen and oxygen atoms in total. The molecule has 0 spiro atoms. The third-order valence-electron chi connectivity index (χ3n) is 2.79. The number of rotatable bonds is 3. The number of anilines is 2. The average molecular weight is 286 g/mol. The Kier molecular flexibility index (Phi) is 3.00. The molecule has 2 aromatic carbocycles. The number of hydrogen-bond acceptors (Lipinski definition) is 5. The fraction of sp³-hybridized carbons (Fsp3) is 0. The molecule has 100 valence electrons. The first kappa shape index (κ1) is 12.4. The average Bonchev–Trinajstić information content (AvgIpc) is 2.83. The Morgan fingerprint density at radius 1 is 1.15 bits per heavy atom. The molecule has 0 aliphatic heterocycles. The van der Waals surface area contributed by atoms with E-state index in [-0.39, 0.29) is 11.3 Å². The van der Waals surface area contributed by atoms with Gasteiger partial charge >= 0.3 is 5.97 Å². The lowest BCUT2D eigenvalue weighted by molar-refractivity contribution is 0.0694. The minimum absolute atomic E-state index is 0.118. The van der Waals surface area contributed by atoms with Gasteiger partial charge in [-0.3, -0.25) is 0 Å². The molecule has 0 bridgehead atoms. The number of carboxylic acids is 1. The van der Waals surface area contributed by atoms with Crippen molar-refractivity contribution in [3.05, 3.63) is 48.0 Å². The summed E-state index contributed by atoms with van der Waals surface area (Å²) in [6.07, 6.45) is 0. The number of carboxylic acid groups (broad SMARTS) is 1. The van der Waals surface area contributed by atoms with Gasteiger partial charge in [-0.1, -0.05) is 29.5 Å². The molecule has 0 atom stereocenters. The van der Waals surface area contributed by atoms with Crippen LogP contribution in [0.4, 0.5) is 10.8 Å². The Bertz CT molecular complexity index is 784. The largest absolute Gasteiger partial charge is 0.505 e. The highest BCUT2D eigenvalue weighted by Gasteiger charge is 2.15. The van der Waals surface area contributed by atoms with E-state index in [2.05, 4.69) is 10.3 Å². The second-order valence-corrected chi connectivity index (χ2v) is 5.12. The van der Waals surface area contributed by atoms with Crippen molar-refractivity contribution in [3.63, 3.8) is 0 Å². The molecule has 0 fully saturated rings. The first-order chi connectivity index (χ1) is 9.65. The number of carbonyl (C=O) groups is 1. The number of aromatic hydroxyl groups is 1. The third-order valence-corrected chi connectivity index (χ3v) is 3.78. The van der Waals surface area contributed by atoms with Gasteiger partial charge in [-0.25, -0.2) is 9.78 Å². The maximum atomic E-state index is 11.0. The van der Waals surface area contributed by atoms with E-state index in [9.17, 15) is 9.90 Å². The van der Waals surface area contributed by atoms with E-state index < -0.39 is 5.97 Å². The van der Waals surface area contributed by atoms with Gasteiger partial charge in [-0.15, -0.1) is 0 Å². The lowest BCUT2D eigenvalue weighted by atomic mass is 10.2. The number of aromatic carboxylic acids is 1. The molecule has 3 aromatic rings. The van der Waals surface area contributed by atoms with Crippen molar-refractivity contribution in [2.75, 3.05) is 5.32 Å². The van der Waals surface area contributed by atoms with Crippen molar-refractivity contribution in [1.29, 1.82) is 0 Å². The van der Waals surface area contributed by atoms with Crippen LogP contribution in [0.15, 0.2) is 42.5 Å². The molecule has 1 aromatic heterocycles. The number of para-hydroxylation sites is 1. The molecule has 1 heterocycles. The number of nitrogens with one attached hydrogen (secondary N) is 1. The molecule has 0 aliphatic carbocycles. The Hall–Kier alpha value is -2.60. The lowest BCUT2D eigenvalue weighted by Crippen LogP contribution is -1.95. The zero-order valence-electron chi connectivity index (χ0n) is 10.2. The summed E-state index contributed by atoms with van der Waals surface area (Å²) in [6.45, 7) is 0. The molecule has 0 unspecified atom stereocenters. The van der Waals surface area contributed by atoms with Crippen molar-refractivity contribution in [2.24, 2.45) is 0 Å². The van der Waals surface area contributed by atoms with Crippen LogP contribution in [-0.4, -0.2) is 21.2 Å². The molecule has 0 saturated carbocycles. The van der Waals surface area contributed by atoms with E-state index in [4.69, 9.17) is 5.11 Å². The second-order valence-electron chi connectivity index (χ2n) is 4.13. The van der Waals surface area contributed by atoms with Gasteiger partial charge in [0.1, 0.15) is 11.3 Å². The van der Waals surface area contributed by atoms with Crippen molar-refractivity contribution >= 4 is 38.3 Å². The normalized spacial score (nSPS) is 10.6. The first-order valence-corrected chi connectivity index (χ1v) is 6.64.